The summed E-state index contributed by atoms with van der Waals surface area (Å²) in [5, 5.41) is 5.29. The highest BCUT2D eigenvalue weighted by Crippen LogP contribution is 2.24. The minimum atomic E-state index is -0.131. The van der Waals surface area contributed by atoms with Gasteiger partial charge in [0.05, 0.1) is 11.6 Å². The van der Waals surface area contributed by atoms with E-state index in [9.17, 15) is 4.39 Å². The molecule has 0 atom stereocenters. The number of piperazine rings is 1. The number of fused-ring (bicyclic) bond motifs is 1. The van der Waals surface area contributed by atoms with Crippen molar-refractivity contribution in [1.29, 1.82) is 0 Å². The molecule has 3 aromatic rings. The lowest BCUT2D eigenvalue weighted by Crippen LogP contribution is -2.46. The van der Waals surface area contributed by atoms with Gasteiger partial charge < -0.3 is 4.90 Å². The highest BCUT2D eigenvalue weighted by Gasteiger charge is 2.22. The minimum absolute atomic E-state index is 0.131. The number of aromatic nitrogens is 4. The molecule has 7 heteroatoms. The Hall–Kier alpha value is -2.54. The monoisotopic (exact) mass is 340 g/mol. The van der Waals surface area contributed by atoms with E-state index in [1.807, 2.05) is 32.3 Å². The van der Waals surface area contributed by atoms with Gasteiger partial charge in [0.1, 0.15) is 17.5 Å². The van der Waals surface area contributed by atoms with Crippen molar-refractivity contribution >= 4 is 16.9 Å². The first-order valence-corrected chi connectivity index (χ1v) is 8.49. The highest BCUT2D eigenvalue weighted by atomic mass is 19.1. The molecule has 1 aliphatic heterocycles. The Labute approximate surface area is 145 Å². The van der Waals surface area contributed by atoms with Crippen LogP contribution >= 0.6 is 0 Å². The second kappa shape index (κ2) is 6.40. The minimum Gasteiger partial charge on any atom is -0.353 e. The summed E-state index contributed by atoms with van der Waals surface area (Å²) in [6, 6.07) is 6.99. The Morgan fingerprint density at radius 1 is 1.08 bits per heavy atom. The van der Waals surface area contributed by atoms with Gasteiger partial charge in [-0.05, 0) is 13.0 Å². The predicted molar refractivity (Wildman–Crippen MR) is 94.9 cm³/mol. The average Bonchev–Trinajstić information content (AvgIpc) is 2.98. The molecule has 0 unspecified atom stereocenters. The van der Waals surface area contributed by atoms with E-state index in [0.717, 1.165) is 54.4 Å². The van der Waals surface area contributed by atoms with Crippen molar-refractivity contribution in [2.24, 2.45) is 7.05 Å². The maximum atomic E-state index is 13.8. The van der Waals surface area contributed by atoms with Gasteiger partial charge in [0.2, 0.25) is 0 Å². The third kappa shape index (κ3) is 3.07. The Morgan fingerprint density at radius 3 is 2.60 bits per heavy atom. The SMILES string of the molecule is Cc1nc(N2CCN(Cc3ccccc3F)CC2)c2cnn(C)c2n1. The van der Waals surface area contributed by atoms with Crippen molar-refractivity contribution in [2.75, 3.05) is 31.1 Å². The number of anilines is 1. The molecule has 0 bridgehead atoms. The Bertz CT molecular complexity index is 898. The smallest absolute Gasteiger partial charge is 0.163 e. The van der Waals surface area contributed by atoms with Crippen LogP contribution in [0.4, 0.5) is 10.2 Å². The molecule has 0 aliphatic carbocycles. The van der Waals surface area contributed by atoms with Crippen LogP contribution in [0.1, 0.15) is 11.4 Å². The molecular formula is C18H21FN6. The molecule has 130 valence electrons. The molecule has 3 heterocycles. The van der Waals surface area contributed by atoms with Crippen LogP contribution in [0.25, 0.3) is 11.0 Å². The summed E-state index contributed by atoms with van der Waals surface area (Å²) >= 11 is 0. The first kappa shape index (κ1) is 16.0. The van der Waals surface area contributed by atoms with Crippen molar-refractivity contribution in [3.63, 3.8) is 0 Å². The molecular weight excluding hydrogens is 319 g/mol. The van der Waals surface area contributed by atoms with Gasteiger partial charge in [0.25, 0.3) is 0 Å². The van der Waals surface area contributed by atoms with Crippen molar-refractivity contribution in [1.82, 2.24) is 24.6 Å². The number of nitrogens with zero attached hydrogens (tertiary/aromatic N) is 6. The normalized spacial score (nSPS) is 15.9. The second-order valence-corrected chi connectivity index (χ2v) is 6.45. The fraction of sp³-hybridized carbons (Fsp3) is 0.389. The zero-order valence-electron chi connectivity index (χ0n) is 14.5. The molecule has 0 radical (unpaired) electrons. The van der Waals surface area contributed by atoms with E-state index in [1.54, 1.807) is 10.7 Å². The Kier molecular flexibility index (Phi) is 4.09. The number of aryl methyl sites for hydroxylation is 2. The molecule has 1 saturated heterocycles. The molecule has 6 nitrogen and oxygen atoms in total. The second-order valence-electron chi connectivity index (χ2n) is 6.45. The fourth-order valence-electron chi connectivity index (χ4n) is 3.34. The van der Waals surface area contributed by atoms with E-state index in [1.165, 1.54) is 6.07 Å². The zero-order valence-corrected chi connectivity index (χ0v) is 14.5. The summed E-state index contributed by atoms with van der Waals surface area (Å²) in [6.07, 6.45) is 1.83. The van der Waals surface area contributed by atoms with Crippen LogP contribution in [-0.2, 0) is 13.6 Å². The Morgan fingerprint density at radius 2 is 1.84 bits per heavy atom. The van der Waals surface area contributed by atoms with Gasteiger partial charge >= 0.3 is 0 Å². The lowest BCUT2D eigenvalue weighted by atomic mass is 10.2. The molecule has 1 aliphatic rings. The third-order valence-electron chi connectivity index (χ3n) is 4.71. The predicted octanol–water partition coefficient (Wildman–Crippen LogP) is 2.13. The van der Waals surface area contributed by atoms with Crippen LogP contribution in [0.15, 0.2) is 30.5 Å². The van der Waals surface area contributed by atoms with E-state index in [0.29, 0.717) is 6.54 Å². The zero-order chi connectivity index (χ0) is 17.4. The molecule has 0 spiro atoms. The lowest BCUT2D eigenvalue weighted by Gasteiger charge is -2.35. The summed E-state index contributed by atoms with van der Waals surface area (Å²) in [4.78, 5) is 13.7. The Balaban J connectivity index is 1.50. The maximum Gasteiger partial charge on any atom is 0.163 e. The summed E-state index contributed by atoms with van der Waals surface area (Å²) in [5.41, 5.74) is 1.61. The number of hydrogen-bond donors (Lipinski definition) is 0. The van der Waals surface area contributed by atoms with Gasteiger partial charge in [-0.25, -0.2) is 14.4 Å². The van der Waals surface area contributed by atoms with Crippen molar-refractivity contribution in [3.8, 4) is 0 Å². The molecule has 25 heavy (non-hydrogen) atoms. The summed E-state index contributed by atoms with van der Waals surface area (Å²) in [5.74, 6) is 1.56. The topological polar surface area (TPSA) is 50.1 Å². The molecule has 2 aromatic heterocycles. The molecule has 0 N–H and O–H groups in total. The van der Waals surface area contributed by atoms with E-state index in [-0.39, 0.29) is 5.82 Å². The number of hydrogen-bond acceptors (Lipinski definition) is 5. The standard InChI is InChI=1S/C18H21FN6/c1-13-21-17-15(11-20-23(17)2)18(22-13)25-9-7-24(8-10-25)12-14-5-3-4-6-16(14)19/h3-6,11H,7-10,12H2,1-2H3. The van der Waals surface area contributed by atoms with Gasteiger partial charge in [0.15, 0.2) is 5.65 Å². The maximum absolute atomic E-state index is 13.8. The first-order valence-electron chi connectivity index (χ1n) is 8.49. The summed E-state index contributed by atoms with van der Waals surface area (Å²) < 4.78 is 15.6. The molecule has 4 rings (SSSR count). The van der Waals surface area contributed by atoms with Crippen LogP contribution in [0.3, 0.4) is 0 Å². The van der Waals surface area contributed by atoms with Gasteiger partial charge in [-0.1, -0.05) is 18.2 Å². The van der Waals surface area contributed by atoms with Crippen LogP contribution in [0.5, 0.6) is 0 Å². The molecule has 1 aromatic carbocycles. The average molecular weight is 340 g/mol. The molecule has 0 amide bonds. The van der Waals surface area contributed by atoms with Gasteiger partial charge in [-0.15, -0.1) is 0 Å². The van der Waals surface area contributed by atoms with Crippen molar-refractivity contribution in [2.45, 2.75) is 13.5 Å². The van der Waals surface area contributed by atoms with Crippen LogP contribution in [-0.4, -0.2) is 50.8 Å². The van der Waals surface area contributed by atoms with E-state index in [2.05, 4.69) is 24.9 Å². The van der Waals surface area contributed by atoms with E-state index in [4.69, 9.17) is 0 Å². The van der Waals surface area contributed by atoms with Gasteiger partial charge in [-0.2, -0.15) is 5.10 Å². The third-order valence-corrected chi connectivity index (χ3v) is 4.71. The van der Waals surface area contributed by atoms with Crippen LogP contribution < -0.4 is 4.90 Å². The van der Waals surface area contributed by atoms with E-state index < -0.39 is 0 Å². The van der Waals surface area contributed by atoms with Crippen LogP contribution in [0, 0.1) is 12.7 Å². The number of rotatable bonds is 3. The van der Waals surface area contributed by atoms with Crippen molar-refractivity contribution in [3.05, 3.63) is 47.7 Å². The largest absolute Gasteiger partial charge is 0.353 e. The lowest BCUT2D eigenvalue weighted by molar-refractivity contribution is 0.246. The van der Waals surface area contributed by atoms with Gasteiger partial charge in [0, 0.05) is 45.3 Å². The summed E-state index contributed by atoms with van der Waals surface area (Å²) in [6.45, 7) is 6.01. The number of benzene rings is 1. The fourth-order valence-corrected chi connectivity index (χ4v) is 3.34. The molecule has 0 saturated carbocycles. The van der Waals surface area contributed by atoms with Crippen LogP contribution in [0.2, 0.25) is 0 Å². The van der Waals surface area contributed by atoms with Gasteiger partial charge in [-0.3, -0.25) is 9.58 Å². The first-order chi connectivity index (χ1) is 12.1. The molecule has 1 fully saturated rings. The summed E-state index contributed by atoms with van der Waals surface area (Å²) in [7, 11) is 1.89. The number of halogens is 1. The van der Waals surface area contributed by atoms with Crippen molar-refractivity contribution < 1.29 is 4.39 Å². The van der Waals surface area contributed by atoms with E-state index >= 15 is 0 Å². The quantitative estimate of drug-likeness (QED) is 0.731. The highest BCUT2D eigenvalue weighted by molar-refractivity contribution is 5.87.